The van der Waals surface area contributed by atoms with Gasteiger partial charge in [-0.2, -0.15) is 0 Å². The maximum atomic E-state index is 13.4. The summed E-state index contributed by atoms with van der Waals surface area (Å²) in [6.07, 6.45) is 4.36. The zero-order valence-electron chi connectivity index (χ0n) is 25.7. The van der Waals surface area contributed by atoms with Crippen molar-refractivity contribution in [3.8, 4) is 0 Å². The maximum absolute atomic E-state index is 13.4. The lowest BCUT2D eigenvalue weighted by Crippen LogP contribution is -2.48. The van der Waals surface area contributed by atoms with Crippen molar-refractivity contribution in [3.63, 3.8) is 0 Å². The van der Waals surface area contributed by atoms with Crippen LogP contribution in [-0.2, 0) is 5.75 Å². The second-order valence-electron chi connectivity index (χ2n) is 11.5. The Morgan fingerprint density at radius 2 is 1.56 bits per heavy atom. The quantitative estimate of drug-likeness (QED) is 0.117. The summed E-state index contributed by atoms with van der Waals surface area (Å²) in [5.74, 6) is 1.61. The van der Waals surface area contributed by atoms with Crippen LogP contribution < -0.4 is 9.80 Å². The molecule has 6 rings (SSSR count). The number of amides is 1. The number of nitrogens with zero attached hydrogens (tertiary/aromatic N) is 6. The molecule has 0 radical (unpaired) electrons. The van der Waals surface area contributed by atoms with Gasteiger partial charge in [-0.15, -0.1) is 0 Å². The smallest absolute Gasteiger partial charge is 0.253 e. The Kier molecular flexibility index (Phi) is 10.4. The lowest BCUT2D eigenvalue weighted by Gasteiger charge is -2.37. The molecule has 2 aliphatic rings. The zero-order chi connectivity index (χ0) is 31.0. The summed E-state index contributed by atoms with van der Waals surface area (Å²) in [4.78, 5) is 31.8. The van der Waals surface area contributed by atoms with Crippen molar-refractivity contribution in [2.45, 2.75) is 17.8 Å². The van der Waals surface area contributed by atoms with Crippen molar-refractivity contribution in [1.82, 2.24) is 19.8 Å². The maximum Gasteiger partial charge on any atom is 0.253 e. The van der Waals surface area contributed by atoms with Crippen LogP contribution in [0.15, 0.2) is 96.2 Å². The molecule has 1 amide bonds. The summed E-state index contributed by atoms with van der Waals surface area (Å²) >= 11 is 8.00. The third-order valence-electron chi connectivity index (χ3n) is 8.40. The minimum absolute atomic E-state index is 0.0902. The van der Waals surface area contributed by atoms with Crippen molar-refractivity contribution in [3.05, 3.63) is 118 Å². The molecule has 9 heteroatoms. The molecule has 0 atom stereocenters. The van der Waals surface area contributed by atoms with Gasteiger partial charge in [-0.3, -0.25) is 9.69 Å². The Morgan fingerprint density at radius 1 is 0.822 bits per heavy atom. The van der Waals surface area contributed by atoms with Gasteiger partial charge in [-0.05, 0) is 41.8 Å². The molecule has 0 N–H and O–H groups in total. The van der Waals surface area contributed by atoms with Gasteiger partial charge in [-0.25, -0.2) is 9.97 Å². The number of aromatic nitrogens is 2. The van der Waals surface area contributed by atoms with Gasteiger partial charge in [0.25, 0.3) is 5.91 Å². The van der Waals surface area contributed by atoms with Crippen molar-refractivity contribution in [1.29, 1.82) is 0 Å². The fourth-order valence-corrected chi connectivity index (χ4v) is 6.89. The zero-order valence-corrected chi connectivity index (χ0v) is 27.3. The first-order valence-electron chi connectivity index (χ1n) is 15.6. The van der Waals surface area contributed by atoms with Crippen LogP contribution in [0.25, 0.3) is 6.08 Å². The summed E-state index contributed by atoms with van der Waals surface area (Å²) in [7, 11) is 0. The molecule has 4 aromatic rings. The first kappa shape index (κ1) is 31.1. The molecule has 7 nitrogen and oxygen atoms in total. The highest BCUT2D eigenvalue weighted by atomic mass is 35.5. The summed E-state index contributed by atoms with van der Waals surface area (Å²) < 4.78 is 0. The number of benzene rings is 3. The summed E-state index contributed by atoms with van der Waals surface area (Å²) in [5.41, 5.74) is 5.59. The van der Waals surface area contributed by atoms with E-state index in [-0.39, 0.29) is 5.91 Å². The first-order valence-corrected chi connectivity index (χ1v) is 16.9. The minimum Gasteiger partial charge on any atom is -0.368 e. The number of aryl methyl sites for hydroxylation is 1. The number of halogens is 1. The molecule has 2 fully saturated rings. The number of hydrogen-bond acceptors (Lipinski definition) is 7. The average molecular weight is 639 g/mol. The van der Waals surface area contributed by atoms with Gasteiger partial charge >= 0.3 is 0 Å². The second-order valence-corrected chi connectivity index (χ2v) is 12.8. The standard InChI is InChI=1S/C36H39ClN6OS/c1-28-9-5-6-15-32(28)41-21-23-42(24-22-41)34-26-33(37)38-36(39-34)45-27-30-12-7-14-31(25-30)35(44)43-19-17-40(18-20-43)16-8-13-29-10-3-2-4-11-29/h2-15,25-26H,16-24,27H2,1H3. The average Bonchev–Trinajstić information content (AvgIpc) is 3.08. The number of para-hydroxylation sites is 1. The predicted molar refractivity (Wildman–Crippen MR) is 186 cm³/mol. The van der Waals surface area contributed by atoms with Gasteiger partial charge in [0, 0.05) is 82.0 Å². The molecule has 2 aliphatic heterocycles. The second kappa shape index (κ2) is 15.0. The third-order valence-corrected chi connectivity index (χ3v) is 9.51. The SMILES string of the molecule is Cc1ccccc1N1CCN(c2cc(Cl)nc(SCc3cccc(C(=O)N4CCN(CC=Cc5ccccc5)CC4)c3)n2)CC1. The molecule has 0 spiro atoms. The van der Waals surface area contributed by atoms with Crippen LogP contribution in [0.3, 0.4) is 0 Å². The van der Waals surface area contributed by atoms with E-state index in [0.717, 1.165) is 75.8 Å². The fourth-order valence-electron chi connectivity index (χ4n) is 5.87. The first-order chi connectivity index (χ1) is 22.0. The Bertz CT molecular complexity index is 1620. The largest absolute Gasteiger partial charge is 0.368 e. The van der Waals surface area contributed by atoms with E-state index >= 15 is 0 Å². The molecule has 0 saturated carbocycles. The molecule has 2 saturated heterocycles. The van der Waals surface area contributed by atoms with Crippen LogP contribution in [0.5, 0.6) is 0 Å². The lowest BCUT2D eigenvalue weighted by molar-refractivity contribution is 0.0650. The molecule has 1 aromatic heterocycles. The van der Waals surface area contributed by atoms with Crippen LogP contribution in [0, 0.1) is 6.92 Å². The number of piperazine rings is 2. The number of carbonyl (C=O) groups is 1. The number of rotatable bonds is 9. The lowest BCUT2D eigenvalue weighted by atomic mass is 10.1. The van der Waals surface area contributed by atoms with Crippen molar-refractivity contribution in [2.24, 2.45) is 0 Å². The Labute approximate surface area is 275 Å². The topological polar surface area (TPSA) is 55.8 Å². The van der Waals surface area contributed by atoms with Gasteiger partial charge in [0.15, 0.2) is 5.16 Å². The van der Waals surface area contributed by atoms with E-state index in [2.05, 4.69) is 93.4 Å². The molecule has 3 heterocycles. The van der Waals surface area contributed by atoms with Crippen LogP contribution >= 0.6 is 23.4 Å². The highest BCUT2D eigenvalue weighted by Gasteiger charge is 2.23. The summed E-state index contributed by atoms with van der Waals surface area (Å²) in [5, 5.41) is 1.09. The number of anilines is 2. The monoisotopic (exact) mass is 638 g/mol. The van der Waals surface area contributed by atoms with E-state index < -0.39 is 0 Å². The van der Waals surface area contributed by atoms with E-state index in [4.69, 9.17) is 16.6 Å². The van der Waals surface area contributed by atoms with Gasteiger partial charge in [0.05, 0.1) is 0 Å². The predicted octanol–water partition coefficient (Wildman–Crippen LogP) is 6.53. The molecule has 45 heavy (non-hydrogen) atoms. The third kappa shape index (κ3) is 8.25. The minimum atomic E-state index is 0.0902. The molecule has 232 valence electrons. The van der Waals surface area contributed by atoms with Crippen molar-refractivity contribution in [2.75, 3.05) is 68.7 Å². The molecule has 0 aliphatic carbocycles. The molecule has 3 aromatic carbocycles. The van der Waals surface area contributed by atoms with Crippen molar-refractivity contribution >= 4 is 46.9 Å². The number of hydrogen-bond donors (Lipinski definition) is 0. The van der Waals surface area contributed by atoms with Gasteiger partial charge < -0.3 is 14.7 Å². The summed E-state index contributed by atoms with van der Waals surface area (Å²) in [6, 6.07) is 28.7. The van der Waals surface area contributed by atoms with Crippen molar-refractivity contribution < 1.29 is 4.79 Å². The normalized spacial score (nSPS) is 16.0. The van der Waals surface area contributed by atoms with Crippen LogP contribution in [0.4, 0.5) is 11.5 Å². The summed E-state index contributed by atoms with van der Waals surface area (Å²) in [6.45, 7) is 9.85. The van der Waals surface area contributed by atoms with Gasteiger partial charge in [0.1, 0.15) is 11.0 Å². The number of carbonyl (C=O) groups excluding carboxylic acids is 1. The van der Waals surface area contributed by atoms with Crippen LogP contribution in [0.1, 0.15) is 27.0 Å². The Morgan fingerprint density at radius 3 is 2.33 bits per heavy atom. The highest BCUT2D eigenvalue weighted by molar-refractivity contribution is 7.98. The van der Waals surface area contributed by atoms with E-state index in [1.165, 1.54) is 16.8 Å². The van der Waals surface area contributed by atoms with Gasteiger partial charge in [0.2, 0.25) is 0 Å². The van der Waals surface area contributed by atoms with E-state index in [0.29, 0.717) is 16.1 Å². The number of thioether (sulfide) groups is 1. The molecular formula is C36H39ClN6OS. The molecule has 0 unspecified atom stereocenters. The van der Waals surface area contributed by atoms with Gasteiger partial charge in [-0.1, -0.05) is 96.2 Å². The van der Waals surface area contributed by atoms with E-state index in [1.807, 2.05) is 35.2 Å². The van der Waals surface area contributed by atoms with Crippen LogP contribution in [0.2, 0.25) is 5.15 Å². The van der Waals surface area contributed by atoms with E-state index in [9.17, 15) is 4.79 Å². The molecular weight excluding hydrogens is 600 g/mol. The Hall–Kier alpha value is -3.85. The van der Waals surface area contributed by atoms with E-state index in [1.54, 1.807) is 11.8 Å². The highest BCUT2D eigenvalue weighted by Crippen LogP contribution is 2.27. The van der Waals surface area contributed by atoms with Crippen LogP contribution in [-0.4, -0.2) is 84.6 Å². The fraction of sp³-hybridized carbons (Fsp3) is 0.306. The molecule has 0 bridgehead atoms. The Balaban J connectivity index is 1.00.